The molecule has 3 heterocycles. The number of aromatic nitrogens is 4. The first-order valence-electron chi connectivity index (χ1n) is 10.5. The number of carbonyl (C=O) groups is 1. The fraction of sp³-hybridized carbons (Fsp3) is 0.250. The lowest BCUT2D eigenvalue weighted by Gasteiger charge is -2.33. The summed E-state index contributed by atoms with van der Waals surface area (Å²) in [4.78, 5) is 13.9. The fourth-order valence-electron chi connectivity index (χ4n) is 4.53. The van der Waals surface area contributed by atoms with Gasteiger partial charge < -0.3 is 10.2 Å². The van der Waals surface area contributed by atoms with Crippen LogP contribution in [0.15, 0.2) is 55.4 Å². The van der Waals surface area contributed by atoms with E-state index in [2.05, 4.69) is 63.5 Å². The minimum absolute atomic E-state index is 0.0184. The lowest BCUT2D eigenvalue weighted by atomic mass is 9.95. The highest BCUT2D eigenvalue weighted by Crippen LogP contribution is 2.36. The maximum atomic E-state index is 12.0. The van der Waals surface area contributed by atoms with Gasteiger partial charge in [-0.25, -0.2) is 0 Å². The van der Waals surface area contributed by atoms with E-state index in [0.29, 0.717) is 6.54 Å². The van der Waals surface area contributed by atoms with Crippen molar-refractivity contribution in [3.63, 3.8) is 0 Å². The predicted octanol–water partition coefficient (Wildman–Crippen LogP) is 4.07. The summed E-state index contributed by atoms with van der Waals surface area (Å²) in [6, 6.07) is 10.5. The number of likely N-dealkylation sites (tertiary alicyclic amines) is 1. The van der Waals surface area contributed by atoms with E-state index >= 15 is 0 Å². The highest BCUT2D eigenvalue weighted by atomic mass is 16.2. The van der Waals surface area contributed by atoms with Crippen LogP contribution in [0.5, 0.6) is 0 Å². The van der Waals surface area contributed by atoms with Gasteiger partial charge in [0, 0.05) is 35.5 Å². The van der Waals surface area contributed by atoms with E-state index in [1.54, 1.807) is 6.20 Å². The number of hydrogen-bond acceptors (Lipinski definition) is 5. The quantitative estimate of drug-likeness (QED) is 0.494. The molecule has 0 saturated carbocycles. The number of aromatic amines is 1. The molecule has 2 aromatic carbocycles. The molecule has 0 bridgehead atoms. The molecule has 0 spiro atoms. The number of piperidine rings is 1. The van der Waals surface area contributed by atoms with Gasteiger partial charge in [0.05, 0.1) is 23.6 Å². The Morgan fingerprint density at radius 3 is 3.03 bits per heavy atom. The molecule has 1 atom stereocenters. The van der Waals surface area contributed by atoms with Crippen molar-refractivity contribution >= 4 is 33.4 Å². The van der Waals surface area contributed by atoms with Crippen molar-refractivity contribution in [3.8, 4) is 11.1 Å². The topological polar surface area (TPSA) is 86.8 Å². The van der Waals surface area contributed by atoms with Gasteiger partial charge in [0.15, 0.2) is 0 Å². The van der Waals surface area contributed by atoms with E-state index in [1.807, 2.05) is 17.2 Å². The van der Waals surface area contributed by atoms with Crippen LogP contribution in [0.3, 0.4) is 0 Å². The Bertz CT molecular complexity index is 1290. The molecular weight excluding hydrogens is 388 g/mol. The number of carbonyl (C=O) groups excluding carboxylic acids is 1. The largest absolute Gasteiger partial charge is 0.379 e. The second-order valence-electron chi connectivity index (χ2n) is 8.02. The lowest BCUT2D eigenvalue weighted by Crippen LogP contribution is -2.44. The Balaban J connectivity index is 1.55. The van der Waals surface area contributed by atoms with E-state index in [9.17, 15) is 4.79 Å². The van der Waals surface area contributed by atoms with Gasteiger partial charge in [0.2, 0.25) is 5.91 Å². The van der Waals surface area contributed by atoms with Gasteiger partial charge in [-0.3, -0.25) is 9.89 Å². The summed E-state index contributed by atoms with van der Waals surface area (Å²) in [5.41, 5.74) is 6.08. The molecule has 1 aliphatic rings. The van der Waals surface area contributed by atoms with E-state index in [1.165, 1.54) is 6.08 Å². The summed E-state index contributed by atoms with van der Waals surface area (Å²) in [6.45, 7) is 7.14. The molecule has 0 aliphatic carbocycles. The molecule has 156 valence electrons. The van der Waals surface area contributed by atoms with Crippen LogP contribution in [0.4, 0.5) is 5.69 Å². The summed E-state index contributed by atoms with van der Waals surface area (Å²) in [7, 11) is 0. The van der Waals surface area contributed by atoms with Crippen molar-refractivity contribution in [1.29, 1.82) is 0 Å². The molecular formula is C24H24N6O. The maximum absolute atomic E-state index is 12.0. The van der Waals surface area contributed by atoms with E-state index in [4.69, 9.17) is 0 Å². The minimum Gasteiger partial charge on any atom is -0.379 e. The number of fused-ring (bicyclic) bond motifs is 2. The first kappa shape index (κ1) is 19.2. The smallest absolute Gasteiger partial charge is 0.246 e. The molecule has 1 aliphatic heterocycles. The number of hydrogen-bond donors (Lipinski definition) is 2. The van der Waals surface area contributed by atoms with Crippen molar-refractivity contribution in [2.45, 2.75) is 25.8 Å². The first-order valence-corrected chi connectivity index (χ1v) is 10.5. The number of nitrogens with zero attached hydrogens (tertiary/aromatic N) is 4. The molecule has 1 amide bonds. The molecule has 31 heavy (non-hydrogen) atoms. The van der Waals surface area contributed by atoms with Gasteiger partial charge in [0.1, 0.15) is 5.52 Å². The second-order valence-corrected chi connectivity index (χ2v) is 8.02. The number of anilines is 1. The highest BCUT2D eigenvalue weighted by Gasteiger charge is 2.23. The summed E-state index contributed by atoms with van der Waals surface area (Å²) in [6.07, 6.45) is 6.97. The summed E-state index contributed by atoms with van der Waals surface area (Å²) < 4.78 is 0. The monoisotopic (exact) mass is 412 g/mol. The molecule has 5 rings (SSSR count). The van der Waals surface area contributed by atoms with Crippen molar-refractivity contribution in [2.75, 3.05) is 18.4 Å². The molecule has 7 nitrogen and oxygen atoms in total. The van der Waals surface area contributed by atoms with Crippen molar-refractivity contribution in [2.24, 2.45) is 0 Å². The number of H-pyrrole nitrogens is 1. The Hall–Kier alpha value is -3.74. The molecule has 7 heteroatoms. The summed E-state index contributed by atoms with van der Waals surface area (Å²) in [5, 5.41) is 21.8. The fourth-order valence-corrected chi connectivity index (χ4v) is 4.53. The van der Waals surface area contributed by atoms with Gasteiger partial charge in [-0.2, -0.15) is 10.2 Å². The molecule has 0 radical (unpaired) electrons. The van der Waals surface area contributed by atoms with Crippen LogP contribution in [0, 0.1) is 6.92 Å². The van der Waals surface area contributed by atoms with Gasteiger partial charge >= 0.3 is 0 Å². The third-order valence-electron chi connectivity index (χ3n) is 6.04. The Labute approximate surface area is 180 Å². The van der Waals surface area contributed by atoms with Crippen molar-refractivity contribution in [1.82, 2.24) is 25.3 Å². The van der Waals surface area contributed by atoms with Crippen molar-refractivity contribution < 1.29 is 4.79 Å². The molecule has 1 fully saturated rings. The molecule has 1 saturated heterocycles. The number of amides is 1. The molecule has 2 aromatic heterocycles. The van der Waals surface area contributed by atoms with Crippen LogP contribution in [0.2, 0.25) is 0 Å². The zero-order valence-electron chi connectivity index (χ0n) is 17.4. The average molecular weight is 412 g/mol. The Kier molecular flexibility index (Phi) is 4.86. The van der Waals surface area contributed by atoms with Gasteiger partial charge in [-0.05, 0) is 43.0 Å². The van der Waals surface area contributed by atoms with Gasteiger partial charge in [0.25, 0.3) is 0 Å². The average Bonchev–Trinajstić information content (AvgIpc) is 3.27. The SMILES string of the molecule is C=CC(=O)N1CCCC(Nc2cnnc3c(-c4c(C)ccc5[nH]ncc45)cccc23)C1. The minimum atomic E-state index is -0.0184. The highest BCUT2D eigenvalue weighted by molar-refractivity contribution is 6.06. The zero-order chi connectivity index (χ0) is 21.4. The van der Waals surface area contributed by atoms with Crippen LogP contribution in [-0.4, -0.2) is 50.3 Å². The standard InChI is InChI=1S/C24H24N6O/c1-3-22(31)30-11-5-6-16(14-30)27-21-13-26-29-24-17(21)7-4-8-18(24)23-15(2)9-10-20-19(23)12-25-28-20/h3-4,7-10,12-13,16H,1,5-6,11,14H2,2H3,(H,25,28)(H,27,29). The van der Waals surface area contributed by atoms with Crippen LogP contribution >= 0.6 is 0 Å². The summed E-state index contributed by atoms with van der Waals surface area (Å²) >= 11 is 0. The van der Waals surface area contributed by atoms with Crippen LogP contribution in [0.25, 0.3) is 32.9 Å². The number of nitrogens with one attached hydrogen (secondary N) is 2. The lowest BCUT2D eigenvalue weighted by molar-refractivity contribution is -0.127. The van der Waals surface area contributed by atoms with Crippen LogP contribution in [-0.2, 0) is 4.79 Å². The van der Waals surface area contributed by atoms with Gasteiger partial charge in [-0.15, -0.1) is 5.10 Å². The third kappa shape index (κ3) is 3.42. The number of aryl methyl sites for hydroxylation is 1. The normalized spacial score (nSPS) is 16.5. The predicted molar refractivity (Wildman–Crippen MR) is 123 cm³/mol. The van der Waals surface area contributed by atoms with E-state index in [0.717, 1.165) is 63.6 Å². The van der Waals surface area contributed by atoms with Crippen LogP contribution < -0.4 is 5.32 Å². The second kappa shape index (κ2) is 7.83. The Morgan fingerprint density at radius 1 is 1.26 bits per heavy atom. The van der Waals surface area contributed by atoms with Crippen LogP contribution in [0.1, 0.15) is 18.4 Å². The Morgan fingerprint density at radius 2 is 2.16 bits per heavy atom. The molecule has 1 unspecified atom stereocenters. The molecule has 4 aromatic rings. The third-order valence-corrected chi connectivity index (χ3v) is 6.04. The van der Waals surface area contributed by atoms with Gasteiger partial charge in [-0.1, -0.05) is 30.8 Å². The maximum Gasteiger partial charge on any atom is 0.246 e. The van der Waals surface area contributed by atoms with E-state index < -0.39 is 0 Å². The number of benzene rings is 2. The first-order chi connectivity index (χ1) is 15.2. The summed E-state index contributed by atoms with van der Waals surface area (Å²) in [5.74, 6) is -0.0184. The van der Waals surface area contributed by atoms with Crippen molar-refractivity contribution in [3.05, 3.63) is 60.9 Å². The van der Waals surface area contributed by atoms with E-state index in [-0.39, 0.29) is 11.9 Å². The zero-order valence-corrected chi connectivity index (χ0v) is 17.4. The molecule has 2 N–H and O–H groups in total. The number of rotatable bonds is 4.